The van der Waals surface area contributed by atoms with E-state index in [0.29, 0.717) is 34.0 Å². The van der Waals surface area contributed by atoms with E-state index in [9.17, 15) is 20.2 Å². The van der Waals surface area contributed by atoms with Gasteiger partial charge in [0, 0.05) is 35.4 Å². The maximum atomic E-state index is 12.5. The number of thiazole rings is 1. The molecule has 0 saturated carbocycles. The number of hydrogen-bond donors (Lipinski definition) is 2. The van der Waals surface area contributed by atoms with Crippen LogP contribution in [0.4, 0.5) is 5.69 Å². The van der Waals surface area contributed by atoms with Crippen molar-refractivity contribution < 1.29 is 9.34 Å². The van der Waals surface area contributed by atoms with Crippen LogP contribution in [0.15, 0.2) is 75.3 Å². The molecule has 9 nitrogen and oxygen atoms in total. The Morgan fingerprint density at radius 3 is 2.94 bits per heavy atom. The zero-order chi connectivity index (χ0) is 23.7. The summed E-state index contributed by atoms with van der Waals surface area (Å²) in [5, 5.41) is 24.0. The standard InChI is InChI=1S/C24H17N5O4S/c25-11-16(8-17-12-26-28-22(17)15-5-3-6-18(9-15)29(31)32)23-27-20(13-34-23)19-10-14-4-1-2-7-21(14)33-24(19)30/h1-10,13,17,22,26,28H,12H2/b16-8-. The highest BCUT2D eigenvalue weighted by Crippen LogP contribution is 2.32. The van der Waals surface area contributed by atoms with Crippen LogP contribution in [0.1, 0.15) is 16.6 Å². The van der Waals surface area contributed by atoms with E-state index >= 15 is 0 Å². The summed E-state index contributed by atoms with van der Waals surface area (Å²) < 4.78 is 5.41. The molecule has 2 N–H and O–H groups in total. The molecule has 5 rings (SSSR count). The number of rotatable bonds is 5. The molecule has 0 aliphatic carbocycles. The molecule has 3 heterocycles. The topological polar surface area (TPSA) is 134 Å². The van der Waals surface area contributed by atoms with E-state index in [0.717, 1.165) is 10.9 Å². The van der Waals surface area contributed by atoms with Gasteiger partial charge in [0.05, 0.1) is 27.8 Å². The molecule has 34 heavy (non-hydrogen) atoms. The van der Waals surface area contributed by atoms with Crippen LogP contribution in [0.2, 0.25) is 0 Å². The fourth-order valence-electron chi connectivity index (χ4n) is 3.96. The molecule has 2 aromatic heterocycles. The van der Waals surface area contributed by atoms with Crippen molar-refractivity contribution in [2.45, 2.75) is 6.04 Å². The Hall–Kier alpha value is -4.17. The van der Waals surface area contributed by atoms with Crippen LogP contribution in [0.5, 0.6) is 0 Å². The Bertz CT molecular complexity index is 1530. The number of para-hydroxylation sites is 1. The number of nitrogens with zero attached hydrogens (tertiary/aromatic N) is 3. The highest BCUT2D eigenvalue weighted by Gasteiger charge is 2.28. The van der Waals surface area contributed by atoms with E-state index in [1.807, 2.05) is 24.3 Å². The fourth-order valence-corrected chi connectivity index (χ4v) is 4.76. The van der Waals surface area contributed by atoms with E-state index in [-0.39, 0.29) is 17.6 Å². The third-order valence-electron chi connectivity index (χ3n) is 5.62. The summed E-state index contributed by atoms with van der Waals surface area (Å²) in [6.45, 7) is 0.533. The van der Waals surface area contributed by atoms with Crippen LogP contribution < -0.4 is 16.5 Å². The molecule has 1 aliphatic heterocycles. The van der Waals surface area contributed by atoms with Gasteiger partial charge < -0.3 is 4.42 Å². The number of benzene rings is 2. The summed E-state index contributed by atoms with van der Waals surface area (Å²) in [7, 11) is 0. The minimum atomic E-state index is -0.493. The number of nitriles is 1. The van der Waals surface area contributed by atoms with Gasteiger partial charge in [-0.2, -0.15) is 5.26 Å². The van der Waals surface area contributed by atoms with Crippen LogP contribution in [-0.2, 0) is 0 Å². The molecule has 0 radical (unpaired) electrons. The molecule has 168 valence electrons. The first kappa shape index (κ1) is 21.7. The first-order chi connectivity index (χ1) is 16.5. The van der Waals surface area contributed by atoms with E-state index in [1.165, 1.54) is 23.5 Å². The predicted molar refractivity (Wildman–Crippen MR) is 128 cm³/mol. The molecule has 0 amide bonds. The van der Waals surface area contributed by atoms with Crippen molar-refractivity contribution in [1.82, 2.24) is 15.8 Å². The van der Waals surface area contributed by atoms with Gasteiger partial charge in [0.25, 0.3) is 5.69 Å². The van der Waals surface area contributed by atoms with Gasteiger partial charge in [0.2, 0.25) is 0 Å². The molecule has 1 saturated heterocycles. The lowest BCUT2D eigenvalue weighted by Crippen LogP contribution is -2.24. The maximum absolute atomic E-state index is 12.5. The number of aromatic nitrogens is 1. The number of nitrogens with one attached hydrogen (secondary N) is 2. The van der Waals surface area contributed by atoms with Crippen molar-refractivity contribution in [3.05, 3.63) is 97.2 Å². The molecule has 2 aromatic carbocycles. The lowest BCUT2D eigenvalue weighted by Gasteiger charge is -2.16. The van der Waals surface area contributed by atoms with Crippen molar-refractivity contribution in [3.8, 4) is 17.3 Å². The third kappa shape index (κ3) is 4.11. The van der Waals surface area contributed by atoms with Crippen LogP contribution in [-0.4, -0.2) is 16.5 Å². The lowest BCUT2D eigenvalue weighted by molar-refractivity contribution is -0.384. The molecule has 4 aromatic rings. The number of fused-ring (bicyclic) bond motifs is 1. The predicted octanol–water partition coefficient (Wildman–Crippen LogP) is 4.20. The third-order valence-corrected chi connectivity index (χ3v) is 6.49. The Balaban J connectivity index is 1.46. The molecule has 2 unspecified atom stereocenters. The normalized spacial score (nSPS) is 18.1. The van der Waals surface area contributed by atoms with E-state index in [1.54, 1.807) is 29.6 Å². The average Bonchev–Trinajstić information content (AvgIpc) is 3.52. The van der Waals surface area contributed by atoms with Crippen molar-refractivity contribution in [1.29, 1.82) is 5.26 Å². The average molecular weight is 471 g/mol. The fraction of sp³-hybridized carbons (Fsp3) is 0.125. The van der Waals surface area contributed by atoms with E-state index in [2.05, 4.69) is 21.9 Å². The zero-order valence-electron chi connectivity index (χ0n) is 17.6. The molecule has 0 bridgehead atoms. The number of hydrogen-bond acceptors (Lipinski definition) is 9. The van der Waals surface area contributed by atoms with Crippen LogP contribution in [0, 0.1) is 27.4 Å². The largest absolute Gasteiger partial charge is 0.422 e. The van der Waals surface area contributed by atoms with E-state index in [4.69, 9.17) is 4.42 Å². The molecule has 1 fully saturated rings. The molecular formula is C24H17N5O4S. The zero-order valence-corrected chi connectivity index (χ0v) is 18.4. The number of non-ortho nitro benzene ring substituents is 1. The van der Waals surface area contributed by atoms with Crippen LogP contribution in [0.25, 0.3) is 27.8 Å². The van der Waals surface area contributed by atoms with Gasteiger partial charge in [0.15, 0.2) is 0 Å². The molecular weight excluding hydrogens is 454 g/mol. The molecule has 0 spiro atoms. The molecule has 10 heteroatoms. The van der Waals surface area contributed by atoms with Crippen molar-refractivity contribution in [2.75, 3.05) is 6.54 Å². The van der Waals surface area contributed by atoms with Crippen molar-refractivity contribution in [3.63, 3.8) is 0 Å². The summed E-state index contributed by atoms with van der Waals surface area (Å²) in [4.78, 5) is 27.7. The monoisotopic (exact) mass is 471 g/mol. The van der Waals surface area contributed by atoms with Crippen molar-refractivity contribution >= 4 is 33.6 Å². The maximum Gasteiger partial charge on any atom is 0.345 e. The summed E-state index contributed by atoms with van der Waals surface area (Å²) in [6, 6.07) is 17.3. The Labute approximate surface area is 197 Å². The SMILES string of the molecule is N#C/C(=C/C1CNNC1c1cccc([N+](=O)[O-])c1)c1nc(-c2cc3ccccc3oc2=O)cs1. The number of nitro benzene ring substituents is 1. The smallest absolute Gasteiger partial charge is 0.345 e. The Kier molecular flexibility index (Phi) is 5.73. The molecule has 1 aliphatic rings. The van der Waals surface area contributed by atoms with Crippen LogP contribution in [0.3, 0.4) is 0 Å². The Morgan fingerprint density at radius 1 is 1.26 bits per heavy atom. The number of hydrazine groups is 1. The van der Waals surface area contributed by atoms with Gasteiger partial charge in [-0.25, -0.2) is 15.2 Å². The summed E-state index contributed by atoms with van der Waals surface area (Å²) in [5.41, 5.74) is 8.09. The second-order valence-electron chi connectivity index (χ2n) is 7.73. The molecule has 2 atom stereocenters. The minimum Gasteiger partial charge on any atom is -0.422 e. The number of nitro groups is 1. The number of allylic oxidation sites excluding steroid dienone is 1. The van der Waals surface area contributed by atoms with E-state index < -0.39 is 10.5 Å². The quantitative estimate of drug-likeness (QED) is 0.191. The second kappa shape index (κ2) is 8.99. The first-order valence-electron chi connectivity index (χ1n) is 10.4. The summed E-state index contributed by atoms with van der Waals surface area (Å²) in [6.07, 6.45) is 1.81. The van der Waals surface area contributed by atoms with Crippen LogP contribution >= 0.6 is 11.3 Å². The highest BCUT2D eigenvalue weighted by molar-refractivity contribution is 7.11. The van der Waals surface area contributed by atoms with Gasteiger partial charge in [0.1, 0.15) is 16.7 Å². The first-order valence-corrected chi connectivity index (χ1v) is 11.3. The van der Waals surface area contributed by atoms with Gasteiger partial charge in [-0.1, -0.05) is 36.4 Å². The second-order valence-corrected chi connectivity index (χ2v) is 8.59. The summed E-state index contributed by atoms with van der Waals surface area (Å²) >= 11 is 1.27. The van der Waals surface area contributed by atoms with Gasteiger partial charge in [-0.05, 0) is 17.7 Å². The van der Waals surface area contributed by atoms with Crippen molar-refractivity contribution in [2.24, 2.45) is 5.92 Å². The lowest BCUT2D eigenvalue weighted by atomic mass is 9.93. The van der Waals surface area contributed by atoms with Gasteiger partial charge in [-0.3, -0.25) is 15.5 Å². The highest BCUT2D eigenvalue weighted by atomic mass is 32.1. The van der Waals surface area contributed by atoms with Gasteiger partial charge >= 0.3 is 5.63 Å². The Morgan fingerprint density at radius 2 is 2.12 bits per heavy atom. The minimum absolute atomic E-state index is 0.00761. The summed E-state index contributed by atoms with van der Waals surface area (Å²) in [5.74, 6) is -0.144. The van der Waals surface area contributed by atoms with Gasteiger partial charge in [-0.15, -0.1) is 11.3 Å².